The van der Waals surface area contributed by atoms with Crippen LogP contribution >= 0.6 is 0 Å². The molecule has 1 N–H and O–H groups in total. The molecule has 0 heterocycles. The van der Waals surface area contributed by atoms with Gasteiger partial charge in [-0.15, -0.1) is 0 Å². The Hall–Kier alpha value is -1.54. The number of methoxy groups -OCH3 is 1. The largest absolute Gasteiger partial charge is 0.382 e. The van der Waals surface area contributed by atoms with Gasteiger partial charge in [0.05, 0.1) is 5.60 Å². The molecule has 1 saturated carbocycles. The van der Waals surface area contributed by atoms with Gasteiger partial charge in [-0.1, -0.05) is 30.3 Å². The quantitative estimate of drug-likeness (QED) is 0.878. The molecule has 1 aliphatic carbocycles. The Kier molecular flexibility index (Phi) is 2.96. The molecule has 0 saturated heterocycles. The fourth-order valence-electron chi connectivity index (χ4n) is 2.59. The lowest BCUT2D eigenvalue weighted by atomic mass is 9.80. The first-order valence-corrected chi connectivity index (χ1v) is 6.59. The van der Waals surface area contributed by atoms with E-state index < -0.39 is 0 Å². The lowest BCUT2D eigenvalue weighted by Gasteiger charge is -2.40. The summed E-state index contributed by atoms with van der Waals surface area (Å²) < 4.78 is 5.62. The number of rotatable bonds is 4. The highest BCUT2D eigenvalue weighted by molar-refractivity contribution is 5.85. The zero-order chi connectivity index (χ0) is 12.4. The average molecular weight is 241 g/mol. The van der Waals surface area contributed by atoms with Crippen LogP contribution in [-0.2, 0) is 4.74 Å². The van der Waals surface area contributed by atoms with Crippen LogP contribution < -0.4 is 5.32 Å². The van der Waals surface area contributed by atoms with E-state index in [1.54, 1.807) is 0 Å². The molecule has 0 aromatic heterocycles. The van der Waals surface area contributed by atoms with E-state index in [9.17, 15) is 0 Å². The minimum atomic E-state index is 0.0750. The minimum absolute atomic E-state index is 0.0750. The Morgan fingerprint density at radius 3 is 2.56 bits per heavy atom. The van der Waals surface area contributed by atoms with Crippen LogP contribution in [0.3, 0.4) is 0 Å². The summed E-state index contributed by atoms with van der Waals surface area (Å²) in [5.74, 6) is 0. The van der Waals surface area contributed by atoms with Crippen LogP contribution in [0.5, 0.6) is 0 Å². The van der Waals surface area contributed by atoms with E-state index in [0.29, 0.717) is 0 Å². The fourth-order valence-corrected chi connectivity index (χ4v) is 2.59. The third-order valence-electron chi connectivity index (χ3n) is 4.06. The van der Waals surface area contributed by atoms with Crippen LogP contribution in [0.25, 0.3) is 10.8 Å². The minimum Gasteiger partial charge on any atom is -0.382 e. The summed E-state index contributed by atoms with van der Waals surface area (Å²) in [6, 6.07) is 15.0. The van der Waals surface area contributed by atoms with Gasteiger partial charge in [-0.3, -0.25) is 0 Å². The molecule has 94 valence electrons. The van der Waals surface area contributed by atoms with Crippen LogP contribution in [0.4, 0.5) is 5.69 Å². The van der Waals surface area contributed by atoms with Crippen molar-refractivity contribution in [2.45, 2.75) is 24.9 Å². The molecule has 1 fully saturated rings. The van der Waals surface area contributed by atoms with Gasteiger partial charge in [0.1, 0.15) is 0 Å². The van der Waals surface area contributed by atoms with E-state index >= 15 is 0 Å². The highest BCUT2D eigenvalue weighted by atomic mass is 16.5. The Morgan fingerprint density at radius 2 is 1.89 bits per heavy atom. The van der Waals surface area contributed by atoms with Crippen LogP contribution in [0, 0.1) is 0 Å². The van der Waals surface area contributed by atoms with E-state index in [2.05, 4.69) is 47.8 Å². The maximum Gasteiger partial charge on any atom is 0.0850 e. The van der Waals surface area contributed by atoms with Crippen LogP contribution in [-0.4, -0.2) is 19.3 Å². The standard InChI is InChI=1S/C16H19NO/c1-18-16(9-4-10-16)12-17-15-8-7-13-5-2-3-6-14(13)11-15/h2-3,5-8,11,17H,4,9-10,12H2,1H3. The first-order valence-electron chi connectivity index (χ1n) is 6.59. The van der Waals surface area contributed by atoms with E-state index in [1.165, 1.54) is 35.7 Å². The van der Waals surface area contributed by atoms with Gasteiger partial charge in [0.25, 0.3) is 0 Å². The molecule has 0 aliphatic heterocycles. The molecule has 0 amide bonds. The van der Waals surface area contributed by atoms with Crippen LogP contribution in [0.15, 0.2) is 42.5 Å². The van der Waals surface area contributed by atoms with Crippen molar-refractivity contribution in [3.63, 3.8) is 0 Å². The number of anilines is 1. The van der Waals surface area contributed by atoms with Crippen molar-refractivity contribution in [2.24, 2.45) is 0 Å². The topological polar surface area (TPSA) is 21.3 Å². The third kappa shape index (κ3) is 2.08. The SMILES string of the molecule is COC1(CNc2ccc3ccccc3c2)CCC1. The smallest absolute Gasteiger partial charge is 0.0850 e. The summed E-state index contributed by atoms with van der Waals surface area (Å²) in [4.78, 5) is 0. The molecule has 2 aromatic carbocycles. The molecule has 0 spiro atoms. The van der Waals surface area contributed by atoms with Gasteiger partial charge in [-0.25, -0.2) is 0 Å². The first-order chi connectivity index (χ1) is 8.81. The summed E-state index contributed by atoms with van der Waals surface area (Å²) in [7, 11) is 1.82. The van der Waals surface area contributed by atoms with Gasteiger partial charge in [0.15, 0.2) is 0 Å². The normalized spacial score (nSPS) is 17.4. The summed E-state index contributed by atoms with van der Waals surface area (Å²) in [5.41, 5.74) is 1.25. The molecule has 2 aromatic rings. The molecular weight excluding hydrogens is 222 g/mol. The van der Waals surface area contributed by atoms with Crippen molar-refractivity contribution in [3.8, 4) is 0 Å². The van der Waals surface area contributed by atoms with Crippen LogP contribution in [0.2, 0.25) is 0 Å². The van der Waals surface area contributed by atoms with E-state index in [1.807, 2.05) is 7.11 Å². The monoisotopic (exact) mass is 241 g/mol. The predicted octanol–water partition coefficient (Wildman–Crippen LogP) is 3.82. The van der Waals surface area contributed by atoms with E-state index in [4.69, 9.17) is 4.74 Å². The summed E-state index contributed by atoms with van der Waals surface area (Å²) in [6.07, 6.45) is 3.63. The molecule has 0 bridgehead atoms. The number of hydrogen-bond donors (Lipinski definition) is 1. The molecule has 0 atom stereocenters. The van der Waals surface area contributed by atoms with Crippen molar-refractivity contribution < 1.29 is 4.74 Å². The van der Waals surface area contributed by atoms with Gasteiger partial charge >= 0.3 is 0 Å². The molecular formula is C16H19NO. The third-order valence-corrected chi connectivity index (χ3v) is 4.06. The van der Waals surface area contributed by atoms with Crippen molar-refractivity contribution in [1.82, 2.24) is 0 Å². The number of ether oxygens (including phenoxy) is 1. The number of benzene rings is 2. The second-order valence-electron chi connectivity index (χ2n) is 5.16. The molecule has 0 radical (unpaired) electrons. The van der Waals surface area contributed by atoms with Gasteiger partial charge in [0, 0.05) is 19.3 Å². The first kappa shape index (κ1) is 11.5. The van der Waals surface area contributed by atoms with Crippen molar-refractivity contribution in [1.29, 1.82) is 0 Å². The summed E-state index contributed by atoms with van der Waals surface area (Å²) in [5, 5.41) is 6.07. The number of hydrogen-bond acceptors (Lipinski definition) is 2. The maximum absolute atomic E-state index is 5.62. The Bertz CT molecular complexity index is 540. The summed E-state index contributed by atoms with van der Waals surface area (Å²) >= 11 is 0. The van der Waals surface area contributed by atoms with Crippen molar-refractivity contribution >= 4 is 16.5 Å². The zero-order valence-corrected chi connectivity index (χ0v) is 10.8. The molecule has 2 heteroatoms. The van der Waals surface area contributed by atoms with Crippen LogP contribution in [0.1, 0.15) is 19.3 Å². The fraction of sp³-hybridized carbons (Fsp3) is 0.375. The molecule has 18 heavy (non-hydrogen) atoms. The maximum atomic E-state index is 5.62. The highest BCUT2D eigenvalue weighted by Crippen LogP contribution is 2.35. The molecule has 3 rings (SSSR count). The van der Waals surface area contributed by atoms with Crippen molar-refractivity contribution in [2.75, 3.05) is 19.0 Å². The lowest BCUT2D eigenvalue weighted by Crippen LogP contribution is -2.45. The van der Waals surface area contributed by atoms with E-state index in [0.717, 1.165) is 6.54 Å². The van der Waals surface area contributed by atoms with Gasteiger partial charge in [0.2, 0.25) is 0 Å². The molecule has 1 aliphatic rings. The number of nitrogens with one attached hydrogen (secondary N) is 1. The predicted molar refractivity (Wildman–Crippen MR) is 76.0 cm³/mol. The lowest BCUT2D eigenvalue weighted by molar-refractivity contribution is -0.0601. The summed E-state index contributed by atoms with van der Waals surface area (Å²) in [6.45, 7) is 0.905. The van der Waals surface area contributed by atoms with Gasteiger partial charge in [-0.2, -0.15) is 0 Å². The average Bonchev–Trinajstić information content (AvgIpc) is 2.38. The Labute approximate surface area is 108 Å². The van der Waals surface area contributed by atoms with Crippen molar-refractivity contribution in [3.05, 3.63) is 42.5 Å². The highest BCUT2D eigenvalue weighted by Gasteiger charge is 2.36. The molecule has 0 unspecified atom stereocenters. The Morgan fingerprint density at radius 1 is 1.11 bits per heavy atom. The van der Waals surface area contributed by atoms with Gasteiger partial charge < -0.3 is 10.1 Å². The molecule has 2 nitrogen and oxygen atoms in total. The Balaban J connectivity index is 1.74. The second kappa shape index (κ2) is 4.62. The zero-order valence-electron chi connectivity index (χ0n) is 10.8. The number of fused-ring (bicyclic) bond motifs is 1. The second-order valence-corrected chi connectivity index (χ2v) is 5.16. The van der Waals surface area contributed by atoms with E-state index in [-0.39, 0.29) is 5.60 Å². The van der Waals surface area contributed by atoms with Gasteiger partial charge in [-0.05, 0) is 42.2 Å².